The lowest BCUT2D eigenvalue weighted by Crippen LogP contribution is -3.00. The summed E-state index contributed by atoms with van der Waals surface area (Å²) in [6.45, 7) is 0. The van der Waals surface area contributed by atoms with Gasteiger partial charge in [-0.2, -0.15) is 0 Å². The van der Waals surface area contributed by atoms with Crippen LogP contribution in [-0.2, 0) is 0 Å². The van der Waals surface area contributed by atoms with Gasteiger partial charge in [-0.25, -0.2) is 4.98 Å². The van der Waals surface area contributed by atoms with Crippen LogP contribution >= 0.6 is 0 Å². The number of fused-ring (bicyclic) bond motifs is 4. The van der Waals surface area contributed by atoms with Gasteiger partial charge in [-0.15, -0.1) is 4.57 Å². The SMILES string of the molecule is [Cl-].c1ccc(Nc2ccc3nc4cc5c(cc4[n+](-c4ccccc4)c3c2)Oc2ccccc2N5)cc1. The molecule has 2 heterocycles. The molecule has 0 saturated carbocycles. The second-order valence-electron chi connectivity index (χ2n) is 8.54. The Bertz CT molecular complexity index is 1720. The van der Waals surface area contributed by atoms with Crippen LogP contribution in [0, 0.1) is 0 Å². The van der Waals surface area contributed by atoms with Gasteiger partial charge in [-0.05, 0) is 42.5 Å². The molecule has 174 valence electrons. The van der Waals surface area contributed by atoms with Crippen molar-refractivity contribution in [3.05, 3.63) is 115 Å². The van der Waals surface area contributed by atoms with E-state index in [0.29, 0.717) is 0 Å². The van der Waals surface area contributed by atoms with Gasteiger partial charge in [-0.3, -0.25) is 0 Å². The maximum absolute atomic E-state index is 6.28. The van der Waals surface area contributed by atoms with Gasteiger partial charge >= 0.3 is 0 Å². The van der Waals surface area contributed by atoms with E-state index < -0.39 is 0 Å². The number of hydrogen-bond acceptors (Lipinski definition) is 4. The van der Waals surface area contributed by atoms with Gasteiger partial charge in [0, 0.05) is 29.6 Å². The number of anilines is 4. The lowest BCUT2D eigenvalue weighted by Gasteiger charge is -2.21. The van der Waals surface area contributed by atoms with E-state index in [1.54, 1.807) is 0 Å². The third-order valence-electron chi connectivity index (χ3n) is 6.23. The van der Waals surface area contributed by atoms with Crippen molar-refractivity contribution in [3.63, 3.8) is 0 Å². The second kappa shape index (κ2) is 8.87. The first-order chi connectivity index (χ1) is 17.3. The molecule has 0 radical (unpaired) electrons. The quantitative estimate of drug-likeness (QED) is 0.288. The summed E-state index contributed by atoms with van der Waals surface area (Å²) < 4.78 is 8.52. The minimum absolute atomic E-state index is 0. The molecule has 0 atom stereocenters. The van der Waals surface area contributed by atoms with Crippen LogP contribution in [0.5, 0.6) is 11.5 Å². The van der Waals surface area contributed by atoms with Crippen LogP contribution in [0.1, 0.15) is 0 Å². The highest BCUT2D eigenvalue weighted by molar-refractivity contribution is 5.90. The number of halogens is 1. The minimum Gasteiger partial charge on any atom is -1.00 e. The van der Waals surface area contributed by atoms with E-state index >= 15 is 0 Å². The number of ether oxygens (including phenoxy) is 1. The van der Waals surface area contributed by atoms with Crippen LogP contribution in [-0.4, -0.2) is 4.98 Å². The zero-order valence-corrected chi connectivity index (χ0v) is 19.9. The van der Waals surface area contributed by atoms with E-state index in [1.165, 1.54) is 0 Å². The van der Waals surface area contributed by atoms with Gasteiger partial charge in [0.05, 0.1) is 17.4 Å². The van der Waals surface area contributed by atoms with Crippen LogP contribution in [0.4, 0.5) is 22.7 Å². The van der Waals surface area contributed by atoms with Crippen LogP contribution < -0.4 is 32.3 Å². The minimum atomic E-state index is 0. The molecule has 0 unspecified atom stereocenters. The molecule has 6 aromatic rings. The van der Waals surface area contributed by atoms with Crippen LogP contribution in [0.2, 0.25) is 0 Å². The third-order valence-corrected chi connectivity index (χ3v) is 6.23. The summed E-state index contributed by atoms with van der Waals surface area (Å²) in [5.74, 6) is 1.59. The molecule has 1 aromatic heterocycles. The summed E-state index contributed by atoms with van der Waals surface area (Å²) in [6, 6.07) is 38.9. The fraction of sp³-hybridized carbons (Fsp3) is 0. The molecule has 36 heavy (non-hydrogen) atoms. The molecule has 7 rings (SSSR count). The van der Waals surface area contributed by atoms with E-state index in [4.69, 9.17) is 9.72 Å². The van der Waals surface area contributed by atoms with Crippen LogP contribution in [0.25, 0.3) is 27.8 Å². The molecule has 1 aliphatic heterocycles. The number of nitrogens with zero attached hydrogens (tertiary/aromatic N) is 2. The van der Waals surface area contributed by atoms with Gasteiger partial charge in [0.1, 0.15) is 11.0 Å². The summed E-state index contributed by atoms with van der Waals surface area (Å²) in [6.07, 6.45) is 0. The highest BCUT2D eigenvalue weighted by Crippen LogP contribution is 2.43. The molecular weight excluding hydrogens is 468 g/mol. The molecule has 5 nitrogen and oxygen atoms in total. The molecule has 0 fully saturated rings. The standard InChI is InChI=1S/C30H20N4O.ClH/c1-3-9-20(10-4-1)31-21-15-16-23-27(17-21)34(22-11-5-2-6-12-22)28-19-30-26(18-25(28)32-23)33-24-13-7-8-14-29(24)35-30;/h1-19,33H;1H. The van der Waals surface area contributed by atoms with Crippen molar-refractivity contribution in [1.29, 1.82) is 0 Å². The summed E-state index contributed by atoms with van der Waals surface area (Å²) in [5.41, 5.74) is 8.74. The zero-order chi connectivity index (χ0) is 23.2. The molecule has 0 spiro atoms. The molecule has 0 amide bonds. The van der Waals surface area contributed by atoms with Gasteiger partial charge in [0.2, 0.25) is 16.7 Å². The molecule has 0 saturated heterocycles. The average molecular weight is 489 g/mol. The van der Waals surface area contributed by atoms with Crippen molar-refractivity contribution >= 4 is 44.8 Å². The second-order valence-corrected chi connectivity index (χ2v) is 8.54. The van der Waals surface area contributed by atoms with E-state index in [0.717, 1.165) is 62.0 Å². The first-order valence-electron chi connectivity index (χ1n) is 11.6. The van der Waals surface area contributed by atoms with Gasteiger partial charge in [0.25, 0.3) is 0 Å². The molecule has 0 bridgehead atoms. The van der Waals surface area contributed by atoms with Crippen LogP contribution in [0.15, 0.2) is 115 Å². The first kappa shape index (κ1) is 21.9. The molecule has 0 aliphatic carbocycles. The molecule has 6 heteroatoms. The van der Waals surface area contributed by atoms with Crippen molar-refractivity contribution in [3.8, 4) is 17.2 Å². The van der Waals surface area contributed by atoms with Crippen molar-refractivity contribution in [1.82, 2.24) is 4.98 Å². The Morgan fingerprint density at radius 1 is 0.611 bits per heavy atom. The van der Waals surface area contributed by atoms with E-state index in [1.807, 2.05) is 48.5 Å². The van der Waals surface area contributed by atoms with E-state index in [-0.39, 0.29) is 12.4 Å². The number of nitrogens with one attached hydrogen (secondary N) is 2. The Kier molecular flexibility index (Phi) is 5.40. The molecule has 1 aliphatic rings. The molecule has 2 N–H and O–H groups in total. The van der Waals surface area contributed by atoms with Crippen molar-refractivity contribution in [2.24, 2.45) is 0 Å². The van der Waals surface area contributed by atoms with Crippen LogP contribution in [0.3, 0.4) is 0 Å². The highest BCUT2D eigenvalue weighted by Gasteiger charge is 2.25. The maximum atomic E-state index is 6.28. The van der Waals surface area contributed by atoms with Crippen molar-refractivity contribution in [2.75, 3.05) is 10.6 Å². The van der Waals surface area contributed by atoms with Crippen molar-refractivity contribution < 1.29 is 21.7 Å². The predicted octanol–water partition coefficient (Wildman–Crippen LogP) is 4.26. The summed E-state index contributed by atoms with van der Waals surface area (Å²) in [7, 11) is 0. The Hall–Kier alpha value is -4.61. The largest absolute Gasteiger partial charge is 1.00 e. The number of rotatable bonds is 3. The lowest BCUT2D eigenvalue weighted by molar-refractivity contribution is -0.538. The van der Waals surface area contributed by atoms with Crippen molar-refractivity contribution in [2.45, 2.75) is 0 Å². The molecular formula is C30H21ClN4O. The number of hydrogen-bond donors (Lipinski definition) is 2. The van der Waals surface area contributed by atoms with E-state index in [9.17, 15) is 0 Å². The van der Waals surface area contributed by atoms with Gasteiger partial charge < -0.3 is 27.8 Å². The topological polar surface area (TPSA) is 50.1 Å². The highest BCUT2D eigenvalue weighted by atomic mass is 35.5. The summed E-state index contributed by atoms with van der Waals surface area (Å²) >= 11 is 0. The Morgan fingerprint density at radius 2 is 1.33 bits per heavy atom. The molecule has 5 aromatic carbocycles. The normalized spacial score (nSPS) is 11.6. The number of para-hydroxylation sites is 4. The Labute approximate surface area is 214 Å². The number of benzene rings is 5. The summed E-state index contributed by atoms with van der Waals surface area (Å²) in [4.78, 5) is 5.03. The third kappa shape index (κ3) is 3.76. The Balaban J connectivity index is 0.00000240. The summed E-state index contributed by atoms with van der Waals surface area (Å²) in [5, 5.41) is 7.00. The zero-order valence-electron chi connectivity index (χ0n) is 19.2. The van der Waals surface area contributed by atoms with Gasteiger partial charge in [0.15, 0.2) is 11.5 Å². The Morgan fingerprint density at radius 3 is 2.17 bits per heavy atom. The monoisotopic (exact) mass is 488 g/mol. The fourth-order valence-corrected chi connectivity index (χ4v) is 4.61. The maximum Gasteiger partial charge on any atom is 0.241 e. The van der Waals surface area contributed by atoms with Gasteiger partial charge in [-0.1, -0.05) is 48.5 Å². The smallest absolute Gasteiger partial charge is 0.241 e. The fourth-order valence-electron chi connectivity index (χ4n) is 4.61. The lowest BCUT2D eigenvalue weighted by atomic mass is 10.1. The predicted molar refractivity (Wildman–Crippen MR) is 140 cm³/mol. The average Bonchev–Trinajstić information content (AvgIpc) is 2.90. The first-order valence-corrected chi connectivity index (χ1v) is 11.6. The number of aromatic nitrogens is 2. The van der Waals surface area contributed by atoms with E-state index in [2.05, 4.69) is 81.9 Å².